The SMILES string of the molecule is CC[C@@H](CN1CCCS1(=O)=O)N1C(=O)CC[C@H](c2ccc(Cl)cc2)[C@H]1c1ccc(Cl)cc1. The second kappa shape index (κ2) is 9.72. The van der Waals surface area contributed by atoms with Gasteiger partial charge in [0.05, 0.1) is 11.8 Å². The number of carbonyl (C=O) groups excluding carboxylic acids is 1. The first-order valence-corrected chi connectivity index (χ1v) is 13.5. The molecular formula is C24H28Cl2N2O3S. The van der Waals surface area contributed by atoms with Crippen LogP contribution in [-0.4, -0.2) is 48.4 Å². The van der Waals surface area contributed by atoms with Crippen LogP contribution in [0.25, 0.3) is 0 Å². The second-order valence-electron chi connectivity index (χ2n) is 8.58. The van der Waals surface area contributed by atoms with Crippen LogP contribution in [0, 0.1) is 0 Å². The summed E-state index contributed by atoms with van der Waals surface area (Å²) >= 11 is 12.3. The highest BCUT2D eigenvalue weighted by molar-refractivity contribution is 7.89. The molecule has 2 saturated heterocycles. The van der Waals surface area contributed by atoms with Crippen molar-refractivity contribution in [2.75, 3.05) is 18.8 Å². The monoisotopic (exact) mass is 494 g/mol. The fourth-order valence-electron chi connectivity index (χ4n) is 5.00. The summed E-state index contributed by atoms with van der Waals surface area (Å²) in [6, 6.07) is 15.0. The van der Waals surface area contributed by atoms with E-state index >= 15 is 0 Å². The van der Waals surface area contributed by atoms with Gasteiger partial charge in [-0.2, -0.15) is 4.31 Å². The molecule has 2 aliphatic rings. The molecule has 0 bridgehead atoms. The van der Waals surface area contributed by atoms with Gasteiger partial charge in [0.25, 0.3) is 0 Å². The van der Waals surface area contributed by atoms with E-state index in [2.05, 4.69) is 0 Å². The normalized spacial score (nSPS) is 24.6. The Morgan fingerprint density at radius 3 is 2.12 bits per heavy atom. The van der Waals surface area contributed by atoms with Crippen LogP contribution in [0.2, 0.25) is 10.0 Å². The number of amides is 1. The summed E-state index contributed by atoms with van der Waals surface area (Å²) in [6.45, 7) is 2.88. The van der Waals surface area contributed by atoms with Gasteiger partial charge in [0.1, 0.15) is 0 Å². The number of likely N-dealkylation sites (tertiary alicyclic amines) is 1. The van der Waals surface area contributed by atoms with Crippen molar-refractivity contribution in [1.82, 2.24) is 9.21 Å². The Labute approximate surface area is 200 Å². The van der Waals surface area contributed by atoms with Gasteiger partial charge in [0.2, 0.25) is 15.9 Å². The number of rotatable bonds is 6. The summed E-state index contributed by atoms with van der Waals surface area (Å²) in [5.41, 5.74) is 2.13. The van der Waals surface area contributed by atoms with Crippen LogP contribution >= 0.6 is 23.2 Å². The summed E-state index contributed by atoms with van der Waals surface area (Å²) in [5.74, 6) is 0.333. The molecule has 0 unspecified atom stereocenters. The Kier molecular flexibility index (Phi) is 7.15. The predicted octanol–water partition coefficient (Wildman–Crippen LogP) is 5.25. The molecule has 32 heavy (non-hydrogen) atoms. The molecule has 0 radical (unpaired) electrons. The lowest BCUT2D eigenvalue weighted by Gasteiger charge is -2.46. The quantitative estimate of drug-likeness (QED) is 0.550. The minimum absolute atomic E-state index is 0.0682. The van der Waals surface area contributed by atoms with Crippen LogP contribution in [0.4, 0.5) is 0 Å². The van der Waals surface area contributed by atoms with Crippen LogP contribution in [-0.2, 0) is 14.8 Å². The Balaban J connectivity index is 1.74. The Morgan fingerprint density at radius 2 is 1.59 bits per heavy atom. The molecule has 2 aromatic carbocycles. The average Bonchev–Trinajstić information content (AvgIpc) is 3.11. The van der Waals surface area contributed by atoms with Crippen molar-refractivity contribution in [1.29, 1.82) is 0 Å². The number of hydrogen-bond acceptors (Lipinski definition) is 3. The molecule has 2 heterocycles. The molecule has 2 fully saturated rings. The Bertz CT molecular complexity index is 1060. The molecule has 0 saturated carbocycles. The molecule has 4 rings (SSSR count). The number of sulfonamides is 1. The molecule has 0 aromatic heterocycles. The van der Waals surface area contributed by atoms with E-state index in [1.165, 1.54) is 0 Å². The molecule has 2 aromatic rings. The highest BCUT2D eigenvalue weighted by Crippen LogP contribution is 2.45. The van der Waals surface area contributed by atoms with Crippen molar-refractivity contribution < 1.29 is 13.2 Å². The van der Waals surface area contributed by atoms with Gasteiger partial charge >= 0.3 is 0 Å². The first-order chi connectivity index (χ1) is 15.3. The lowest BCUT2D eigenvalue weighted by atomic mass is 9.79. The Morgan fingerprint density at radius 1 is 1.00 bits per heavy atom. The van der Waals surface area contributed by atoms with Crippen LogP contribution in [0.5, 0.6) is 0 Å². The second-order valence-corrected chi connectivity index (χ2v) is 11.5. The molecular weight excluding hydrogens is 467 g/mol. The van der Waals surface area contributed by atoms with Crippen LogP contribution in [0.1, 0.15) is 55.7 Å². The minimum Gasteiger partial charge on any atom is -0.331 e. The van der Waals surface area contributed by atoms with Crippen LogP contribution in [0.3, 0.4) is 0 Å². The standard InChI is InChI=1S/C24H28Cl2N2O3S/c1-2-21(16-27-14-3-15-32(27,30)31)28-23(29)13-12-22(17-4-8-19(25)9-5-17)24(28)18-6-10-20(26)11-7-18/h4-11,21-22,24H,2-3,12-16H2,1H3/t21-,22+,24+/m0/s1. The lowest BCUT2D eigenvalue weighted by Crippen LogP contribution is -2.52. The molecule has 0 spiro atoms. The maximum atomic E-state index is 13.3. The molecule has 2 aliphatic heterocycles. The van der Waals surface area contributed by atoms with Crippen molar-refractivity contribution in [3.8, 4) is 0 Å². The van der Waals surface area contributed by atoms with Crippen molar-refractivity contribution in [2.45, 2.75) is 50.6 Å². The number of nitrogens with zero attached hydrogens (tertiary/aromatic N) is 2. The van der Waals surface area contributed by atoms with Gasteiger partial charge in [-0.1, -0.05) is 54.4 Å². The largest absolute Gasteiger partial charge is 0.331 e. The van der Waals surface area contributed by atoms with Gasteiger partial charge in [-0.05, 0) is 54.7 Å². The zero-order valence-electron chi connectivity index (χ0n) is 18.1. The van der Waals surface area contributed by atoms with E-state index in [4.69, 9.17) is 23.2 Å². The van der Waals surface area contributed by atoms with Crippen molar-refractivity contribution in [2.24, 2.45) is 0 Å². The zero-order valence-corrected chi connectivity index (χ0v) is 20.4. The number of piperidine rings is 1. The van der Waals surface area contributed by atoms with Crippen LogP contribution < -0.4 is 0 Å². The summed E-state index contributed by atoms with van der Waals surface area (Å²) < 4.78 is 26.5. The van der Waals surface area contributed by atoms with Crippen LogP contribution in [0.15, 0.2) is 48.5 Å². The minimum atomic E-state index is -3.24. The summed E-state index contributed by atoms with van der Waals surface area (Å²) in [5, 5.41) is 1.31. The lowest BCUT2D eigenvalue weighted by molar-refractivity contribution is -0.141. The van der Waals surface area contributed by atoms with E-state index in [0.29, 0.717) is 42.4 Å². The van der Waals surface area contributed by atoms with Crippen molar-refractivity contribution >= 4 is 39.1 Å². The first kappa shape index (κ1) is 23.6. The third kappa shape index (κ3) is 4.84. The summed E-state index contributed by atoms with van der Waals surface area (Å²) in [6.07, 6.45) is 2.47. The number of hydrogen-bond donors (Lipinski definition) is 0. The Hall–Kier alpha value is -1.60. The van der Waals surface area contributed by atoms with Gasteiger partial charge in [0.15, 0.2) is 0 Å². The van der Waals surface area contributed by atoms with E-state index < -0.39 is 10.0 Å². The molecule has 0 aliphatic carbocycles. The van der Waals surface area contributed by atoms with Gasteiger partial charge in [-0.25, -0.2) is 8.42 Å². The fourth-order valence-corrected chi connectivity index (χ4v) is 6.81. The summed E-state index contributed by atoms with van der Waals surface area (Å²) in [4.78, 5) is 15.3. The maximum absolute atomic E-state index is 13.3. The van der Waals surface area contributed by atoms with E-state index in [1.807, 2.05) is 60.4 Å². The molecule has 8 heteroatoms. The van der Waals surface area contributed by atoms with Gasteiger partial charge in [-0.3, -0.25) is 4.79 Å². The summed E-state index contributed by atoms with van der Waals surface area (Å²) in [7, 11) is -3.24. The molecule has 172 valence electrons. The number of carbonyl (C=O) groups is 1. The zero-order chi connectivity index (χ0) is 22.9. The van der Waals surface area contributed by atoms with E-state index in [0.717, 1.165) is 17.5 Å². The molecule has 5 nitrogen and oxygen atoms in total. The maximum Gasteiger partial charge on any atom is 0.223 e. The third-order valence-corrected chi connectivity index (χ3v) is 9.06. The first-order valence-electron chi connectivity index (χ1n) is 11.1. The van der Waals surface area contributed by atoms with Crippen molar-refractivity contribution in [3.05, 3.63) is 69.7 Å². The van der Waals surface area contributed by atoms with E-state index in [9.17, 15) is 13.2 Å². The van der Waals surface area contributed by atoms with E-state index in [1.54, 1.807) is 4.31 Å². The fraction of sp³-hybridized carbons (Fsp3) is 0.458. The number of halogens is 2. The molecule has 0 N–H and O–H groups in total. The smallest absolute Gasteiger partial charge is 0.223 e. The third-order valence-electron chi connectivity index (χ3n) is 6.63. The van der Waals surface area contributed by atoms with Gasteiger partial charge < -0.3 is 4.90 Å². The van der Waals surface area contributed by atoms with E-state index in [-0.39, 0.29) is 29.7 Å². The number of benzene rings is 2. The molecule has 1 amide bonds. The molecule has 3 atom stereocenters. The van der Waals surface area contributed by atoms with Gasteiger partial charge in [0, 0.05) is 41.5 Å². The van der Waals surface area contributed by atoms with Crippen molar-refractivity contribution in [3.63, 3.8) is 0 Å². The highest BCUT2D eigenvalue weighted by Gasteiger charge is 2.42. The topological polar surface area (TPSA) is 57.7 Å². The van der Waals surface area contributed by atoms with Gasteiger partial charge in [-0.15, -0.1) is 0 Å². The predicted molar refractivity (Wildman–Crippen MR) is 129 cm³/mol. The average molecular weight is 495 g/mol. The highest BCUT2D eigenvalue weighted by atomic mass is 35.5.